The molecule has 0 atom stereocenters. The molecule has 4 rings (SSSR count). The number of rotatable bonds is 20. The van der Waals surface area contributed by atoms with E-state index in [1.54, 1.807) is 6.92 Å². The second-order valence-corrected chi connectivity index (χ2v) is 13.1. The molecule has 0 aliphatic carbocycles. The number of benzene rings is 4. The number of hydrogen-bond acceptors (Lipinski definition) is 6. The van der Waals surface area contributed by atoms with Gasteiger partial charge < -0.3 is 19.7 Å². The van der Waals surface area contributed by atoms with E-state index in [1.807, 2.05) is 12.2 Å². The number of allylic oxidation sites excluding steroid dienone is 12. The highest BCUT2D eigenvalue weighted by molar-refractivity contribution is 5.95. The van der Waals surface area contributed by atoms with Gasteiger partial charge in [-0.15, -0.1) is 0 Å². The van der Waals surface area contributed by atoms with Crippen molar-refractivity contribution in [2.24, 2.45) is 0 Å². The van der Waals surface area contributed by atoms with Crippen LogP contribution in [0.4, 0.5) is 17.6 Å². The van der Waals surface area contributed by atoms with Crippen molar-refractivity contribution in [1.82, 2.24) is 0 Å². The van der Waals surface area contributed by atoms with Crippen molar-refractivity contribution >= 4 is 17.9 Å². The van der Waals surface area contributed by atoms with Crippen LogP contribution in [0, 0.1) is 23.3 Å². The maximum atomic E-state index is 14.3. The highest BCUT2D eigenvalue weighted by Gasteiger charge is 2.19. The molecule has 328 valence electrons. The van der Waals surface area contributed by atoms with Gasteiger partial charge in [0.15, 0.2) is 0 Å². The standard InChI is InChI=1S/C37H42F2O4.C13H8F2O3.CH4/c1-3-5-6-7-8-9-10-11-12-13-14-15-16-17-18-19-20-21-22-23-36(40)43-35-27-24-30(28-33(35)37(41)42-4-2)32-26-25-31(38)29-34(32)39;14-8-2-3-9(11(15)6-8)7-1-4-12(16)10(5-7)13(17)18;/h5-6,8-9,11-12,14-15,17-18,20-21,24-29H,3-4,7,10,13,16,19,22-23H2,1-2H3;1-6,16H,(H,17,18);1H4/b6-5-,9-8-,12-11-,15-14-,18-17-,21-20-;;. The van der Waals surface area contributed by atoms with Crippen LogP contribution in [0.5, 0.6) is 11.5 Å². The van der Waals surface area contributed by atoms with Crippen LogP contribution in [0.25, 0.3) is 22.3 Å². The van der Waals surface area contributed by atoms with Crippen LogP contribution in [-0.2, 0) is 9.53 Å². The molecule has 7 nitrogen and oxygen atoms in total. The summed E-state index contributed by atoms with van der Waals surface area (Å²) in [4.78, 5) is 35.8. The number of hydrogen-bond donors (Lipinski definition) is 2. The van der Waals surface area contributed by atoms with E-state index < -0.39 is 46.9 Å². The van der Waals surface area contributed by atoms with Crippen LogP contribution in [-0.4, -0.2) is 34.7 Å². The van der Waals surface area contributed by atoms with E-state index >= 15 is 0 Å². The smallest absolute Gasteiger partial charge is 0.341 e. The summed E-state index contributed by atoms with van der Waals surface area (Å²) in [5.41, 5.74) is 0.420. The maximum absolute atomic E-state index is 14.3. The molecule has 4 aromatic rings. The first-order chi connectivity index (χ1) is 29.4. The van der Waals surface area contributed by atoms with Gasteiger partial charge in [0.25, 0.3) is 0 Å². The molecule has 0 amide bonds. The van der Waals surface area contributed by atoms with Crippen molar-refractivity contribution in [3.05, 3.63) is 180 Å². The largest absolute Gasteiger partial charge is 0.507 e. The Morgan fingerprint density at radius 3 is 1.48 bits per heavy atom. The molecular weight excluding hydrogens is 801 g/mol. The Balaban J connectivity index is 0.000000577. The van der Waals surface area contributed by atoms with Gasteiger partial charge in [-0.1, -0.05) is 99.4 Å². The van der Waals surface area contributed by atoms with Gasteiger partial charge in [-0.2, -0.15) is 0 Å². The fraction of sp³-hybridized carbons (Fsp3) is 0.235. The molecule has 0 saturated heterocycles. The van der Waals surface area contributed by atoms with Crippen LogP contribution >= 0.6 is 0 Å². The minimum absolute atomic E-state index is 0. The first kappa shape index (κ1) is 51.4. The van der Waals surface area contributed by atoms with Gasteiger partial charge in [-0.05, 0) is 112 Å². The van der Waals surface area contributed by atoms with Gasteiger partial charge in [0.05, 0.1) is 6.61 Å². The topological polar surface area (TPSA) is 110 Å². The fourth-order valence-corrected chi connectivity index (χ4v) is 5.49. The third kappa shape index (κ3) is 18.3. The summed E-state index contributed by atoms with van der Waals surface area (Å²) in [6, 6.07) is 14.1. The van der Waals surface area contributed by atoms with E-state index in [4.69, 9.17) is 14.6 Å². The Morgan fingerprint density at radius 2 is 1.03 bits per heavy atom. The Labute approximate surface area is 361 Å². The lowest BCUT2D eigenvalue weighted by Crippen LogP contribution is -2.12. The summed E-state index contributed by atoms with van der Waals surface area (Å²) in [6.07, 6.45) is 31.6. The Hall–Kier alpha value is -6.75. The van der Waals surface area contributed by atoms with E-state index in [1.165, 1.54) is 36.4 Å². The zero-order chi connectivity index (χ0) is 44.4. The zero-order valence-electron chi connectivity index (χ0n) is 34.2. The minimum atomic E-state index is -1.32. The molecule has 0 saturated carbocycles. The molecule has 2 N–H and O–H groups in total. The SMILES string of the molecule is C.CC/C=C\C/C=C\C/C=C\C/C=C\C/C=C\C/C=C\CCC(=O)Oc1ccc(-c2ccc(F)cc2F)cc1C(=O)OCC.O=C(O)c1cc(-c2ccc(F)cc2F)ccc1O. The second-order valence-electron chi connectivity index (χ2n) is 13.1. The predicted molar refractivity (Wildman–Crippen MR) is 238 cm³/mol. The molecule has 0 spiro atoms. The van der Waals surface area contributed by atoms with Crippen LogP contribution in [0.2, 0.25) is 0 Å². The number of phenols is 1. The molecule has 0 heterocycles. The number of halogens is 4. The Bertz CT molecular complexity index is 2250. The first-order valence-electron chi connectivity index (χ1n) is 19.8. The van der Waals surface area contributed by atoms with Crippen molar-refractivity contribution in [3.63, 3.8) is 0 Å². The quantitative estimate of drug-likeness (QED) is 0.0394. The molecule has 0 unspecified atom stereocenters. The van der Waals surface area contributed by atoms with E-state index in [9.17, 15) is 37.1 Å². The van der Waals surface area contributed by atoms with E-state index in [0.717, 1.165) is 68.9 Å². The summed E-state index contributed by atoms with van der Waals surface area (Å²) in [5, 5.41) is 18.2. The first-order valence-corrected chi connectivity index (χ1v) is 19.8. The van der Waals surface area contributed by atoms with Gasteiger partial charge >= 0.3 is 17.9 Å². The van der Waals surface area contributed by atoms with Crippen molar-refractivity contribution < 1.29 is 51.6 Å². The van der Waals surface area contributed by atoms with Crippen molar-refractivity contribution in [1.29, 1.82) is 0 Å². The second kappa shape index (κ2) is 28.7. The molecular formula is C51H54F4O7. The predicted octanol–water partition coefficient (Wildman–Crippen LogP) is 13.9. The zero-order valence-corrected chi connectivity index (χ0v) is 34.2. The molecule has 0 radical (unpaired) electrons. The number of carbonyl (C=O) groups excluding carboxylic acids is 2. The van der Waals surface area contributed by atoms with Crippen molar-refractivity contribution in [2.75, 3.05) is 6.61 Å². The third-order valence-electron chi connectivity index (χ3n) is 8.52. The third-order valence-corrected chi connectivity index (χ3v) is 8.52. The molecule has 11 heteroatoms. The minimum Gasteiger partial charge on any atom is -0.507 e. The molecule has 0 bridgehead atoms. The normalized spacial score (nSPS) is 11.5. The molecule has 0 fully saturated rings. The summed E-state index contributed by atoms with van der Waals surface area (Å²) in [6.45, 7) is 3.90. The highest BCUT2D eigenvalue weighted by atomic mass is 19.1. The molecule has 0 aliphatic heterocycles. The molecule has 4 aromatic carbocycles. The Morgan fingerprint density at radius 1 is 0.581 bits per heavy atom. The van der Waals surface area contributed by atoms with Crippen molar-refractivity contribution in [3.8, 4) is 33.8 Å². The fourth-order valence-electron chi connectivity index (χ4n) is 5.49. The molecule has 0 aromatic heterocycles. The summed E-state index contributed by atoms with van der Waals surface area (Å²) < 4.78 is 64.4. The lowest BCUT2D eigenvalue weighted by atomic mass is 10.0. The lowest BCUT2D eigenvalue weighted by molar-refractivity contribution is -0.134. The summed E-state index contributed by atoms with van der Waals surface area (Å²) in [7, 11) is 0. The average Bonchev–Trinajstić information content (AvgIpc) is 3.22. The molecule has 0 aliphatic rings. The van der Waals surface area contributed by atoms with Crippen LogP contribution in [0.1, 0.15) is 93.4 Å². The molecule has 62 heavy (non-hydrogen) atoms. The van der Waals surface area contributed by atoms with Crippen LogP contribution in [0.15, 0.2) is 146 Å². The van der Waals surface area contributed by atoms with Crippen LogP contribution in [0.3, 0.4) is 0 Å². The van der Waals surface area contributed by atoms with E-state index in [-0.39, 0.29) is 54.0 Å². The Kier molecular flexibility index (Phi) is 23.8. The lowest BCUT2D eigenvalue weighted by Gasteiger charge is -2.12. The number of aromatic carboxylic acids is 1. The number of aromatic hydroxyl groups is 1. The van der Waals surface area contributed by atoms with Gasteiger partial charge in [0.1, 0.15) is 45.9 Å². The summed E-state index contributed by atoms with van der Waals surface area (Å²) in [5.74, 6) is -5.90. The van der Waals surface area contributed by atoms with E-state index in [0.29, 0.717) is 18.1 Å². The highest BCUT2D eigenvalue weighted by Crippen LogP contribution is 2.31. The number of carbonyl (C=O) groups is 3. The van der Waals surface area contributed by atoms with Gasteiger partial charge in [-0.25, -0.2) is 27.2 Å². The summed E-state index contributed by atoms with van der Waals surface area (Å²) >= 11 is 0. The monoisotopic (exact) mass is 854 g/mol. The average molecular weight is 855 g/mol. The maximum Gasteiger partial charge on any atom is 0.341 e. The van der Waals surface area contributed by atoms with E-state index in [2.05, 4.69) is 67.7 Å². The van der Waals surface area contributed by atoms with Crippen molar-refractivity contribution in [2.45, 2.75) is 72.6 Å². The number of carboxylic acids is 1. The van der Waals surface area contributed by atoms with Gasteiger partial charge in [-0.3, -0.25) is 4.79 Å². The number of ether oxygens (including phenoxy) is 2. The van der Waals surface area contributed by atoms with Gasteiger partial charge in [0.2, 0.25) is 0 Å². The van der Waals surface area contributed by atoms with Gasteiger partial charge in [0, 0.05) is 29.7 Å². The number of carboxylic acid groups (broad SMARTS) is 1. The van der Waals surface area contributed by atoms with Crippen LogP contribution < -0.4 is 4.74 Å². The number of esters is 2.